The fourth-order valence-electron chi connectivity index (χ4n) is 1.88. The van der Waals surface area contributed by atoms with Gasteiger partial charge in [0.2, 0.25) is 0 Å². The van der Waals surface area contributed by atoms with E-state index in [1.807, 2.05) is 18.2 Å². The summed E-state index contributed by atoms with van der Waals surface area (Å²) in [5.41, 5.74) is 3.52. The molecule has 2 aromatic carbocycles. The van der Waals surface area contributed by atoms with E-state index >= 15 is 0 Å². The molecule has 0 saturated carbocycles. The van der Waals surface area contributed by atoms with Crippen molar-refractivity contribution in [3.05, 3.63) is 54.1 Å². The quantitative estimate of drug-likeness (QED) is 0.796. The second-order valence-corrected chi connectivity index (χ2v) is 4.20. The van der Waals surface area contributed by atoms with E-state index in [2.05, 4.69) is 32.0 Å². The van der Waals surface area contributed by atoms with E-state index in [0.717, 1.165) is 5.56 Å². The molecule has 0 saturated heterocycles. The van der Waals surface area contributed by atoms with E-state index in [9.17, 15) is 5.11 Å². The number of phenolic OH excluding ortho intramolecular Hbond substituents is 1. The van der Waals surface area contributed by atoms with Crippen LogP contribution >= 0.6 is 0 Å². The average Bonchev–Trinajstić information content (AvgIpc) is 2.29. The first-order valence-corrected chi connectivity index (χ1v) is 5.48. The van der Waals surface area contributed by atoms with Crippen LogP contribution in [-0.4, -0.2) is 5.11 Å². The molecule has 0 aliphatic carbocycles. The Hall–Kier alpha value is -1.76. The monoisotopic (exact) mass is 211 g/mol. The summed E-state index contributed by atoms with van der Waals surface area (Å²) >= 11 is 0. The van der Waals surface area contributed by atoms with Crippen LogP contribution in [0.25, 0.3) is 11.1 Å². The van der Waals surface area contributed by atoms with Crippen molar-refractivity contribution >= 4 is 0 Å². The molecule has 16 heavy (non-hydrogen) atoms. The van der Waals surface area contributed by atoms with Gasteiger partial charge in [-0.1, -0.05) is 44.2 Å². The van der Waals surface area contributed by atoms with Gasteiger partial charge in [-0.25, -0.2) is 0 Å². The molecule has 0 fully saturated rings. The molecule has 0 heterocycles. The number of hydrogen-bond acceptors (Lipinski definition) is 1. The van der Waals surface area contributed by atoms with Gasteiger partial charge in [0, 0.05) is 6.07 Å². The van der Waals surface area contributed by atoms with Crippen molar-refractivity contribution in [3.63, 3.8) is 0 Å². The molecular weight excluding hydrogens is 196 g/mol. The maximum Gasteiger partial charge on any atom is 0.124 e. The highest BCUT2D eigenvalue weighted by Gasteiger charge is 2.07. The SMILES string of the molecule is CC(C)c1ccccc1-c1cc[c]c(O)c1. The third-order valence-electron chi connectivity index (χ3n) is 2.68. The molecule has 1 nitrogen and oxygen atoms in total. The van der Waals surface area contributed by atoms with E-state index in [1.54, 1.807) is 12.1 Å². The van der Waals surface area contributed by atoms with Crippen LogP contribution in [0.15, 0.2) is 42.5 Å². The highest BCUT2D eigenvalue weighted by molar-refractivity contribution is 5.69. The minimum absolute atomic E-state index is 0.191. The van der Waals surface area contributed by atoms with Gasteiger partial charge >= 0.3 is 0 Å². The van der Waals surface area contributed by atoms with Crippen molar-refractivity contribution in [1.82, 2.24) is 0 Å². The van der Waals surface area contributed by atoms with Crippen molar-refractivity contribution in [2.45, 2.75) is 19.8 Å². The van der Waals surface area contributed by atoms with E-state index < -0.39 is 0 Å². The van der Waals surface area contributed by atoms with Crippen molar-refractivity contribution in [3.8, 4) is 16.9 Å². The molecule has 0 aliphatic rings. The number of benzene rings is 2. The first-order valence-electron chi connectivity index (χ1n) is 5.48. The minimum atomic E-state index is 0.191. The first-order chi connectivity index (χ1) is 7.68. The molecule has 0 unspecified atom stereocenters. The van der Waals surface area contributed by atoms with Crippen LogP contribution in [0.3, 0.4) is 0 Å². The van der Waals surface area contributed by atoms with Gasteiger partial charge in [-0.05, 0) is 34.7 Å². The van der Waals surface area contributed by atoms with Crippen LogP contribution in [0.1, 0.15) is 25.3 Å². The van der Waals surface area contributed by atoms with Crippen molar-refractivity contribution in [2.24, 2.45) is 0 Å². The Balaban J connectivity index is 2.55. The van der Waals surface area contributed by atoms with Gasteiger partial charge in [0.15, 0.2) is 0 Å². The highest BCUT2D eigenvalue weighted by atomic mass is 16.3. The third-order valence-corrected chi connectivity index (χ3v) is 2.68. The van der Waals surface area contributed by atoms with Crippen LogP contribution < -0.4 is 0 Å². The van der Waals surface area contributed by atoms with E-state index in [4.69, 9.17) is 0 Å². The van der Waals surface area contributed by atoms with Crippen molar-refractivity contribution < 1.29 is 5.11 Å². The fourth-order valence-corrected chi connectivity index (χ4v) is 1.88. The summed E-state index contributed by atoms with van der Waals surface area (Å²) in [4.78, 5) is 0. The van der Waals surface area contributed by atoms with Gasteiger partial charge in [0.05, 0.1) is 0 Å². The van der Waals surface area contributed by atoms with E-state index in [0.29, 0.717) is 5.92 Å². The average molecular weight is 211 g/mol. The smallest absolute Gasteiger partial charge is 0.124 e. The lowest BCUT2D eigenvalue weighted by molar-refractivity contribution is 0.474. The highest BCUT2D eigenvalue weighted by Crippen LogP contribution is 2.30. The largest absolute Gasteiger partial charge is 0.507 e. The Kier molecular flexibility index (Phi) is 2.95. The van der Waals surface area contributed by atoms with Crippen LogP contribution in [0.5, 0.6) is 5.75 Å². The lowest BCUT2D eigenvalue weighted by atomic mass is 9.93. The summed E-state index contributed by atoms with van der Waals surface area (Å²) in [5.74, 6) is 0.665. The van der Waals surface area contributed by atoms with Crippen molar-refractivity contribution in [2.75, 3.05) is 0 Å². The lowest BCUT2D eigenvalue weighted by Gasteiger charge is -2.12. The zero-order valence-corrected chi connectivity index (χ0v) is 9.57. The van der Waals surface area contributed by atoms with E-state index in [-0.39, 0.29) is 5.75 Å². The standard InChI is InChI=1S/C15H15O/c1-11(2)14-8-3-4-9-15(14)12-6-5-7-13(16)10-12/h3-6,8-11,16H,1-2H3. The molecule has 0 aromatic heterocycles. The molecule has 0 bridgehead atoms. The molecule has 2 rings (SSSR count). The van der Waals surface area contributed by atoms with Crippen LogP contribution in [0.4, 0.5) is 0 Å². The summed E-state index contributed by atoms with van der Waals surface area (Å²) in [7, 11) is 0. The van der Waals surface area contributed by atoms with Gasteiger partial charge in [-0.2, -0.15) is 0 Å². The third kappa shape index (κ3) is 2.08. The van der Waals surface area contributed by atoms with Gasteiger partial charge in [-0.3, -0.25) is 0 Å². The fraction of sp³-hybridized carbons (Fsp3) is 0.200. The Morgan fingerprint density at radius 2 is 1.88 bits per heavy atom. The lowest BCUT2D eigenvalue weighted by Crippen LogP contribution is -1.91. The topological polar surface area (TPSA) is 20.2 Å². The second-order valence-electron chi connectivity index (χ2n) is 4.20. The number of aromatic hydroxyl groups is 1. The molecule has 1 radical (unpaired) electrons. The Bertz CT molecular complexity index is 486. The van der Waals surface area contributed by atoms with Crippen LogP contribution in [-0.2, 0) is 0 Å². The normalized spacial score (nSPS) is 10.7. The molecule has 81 valence electrons. The molecule has 0 spiro atoms. The van der Waals surface area contributed by atoms with Crippen LogP contribution in [0, 0.1) is 6.07 Å². The summed E-state index contributed by atoms with van der Waals surface area (Å²) < 4.78 is 0. The number of hydrogen-bond donors (Lipinski definition) is 1. The second kappa shape index (κ2) is 4.40. The summed E-state index contributed by atoms with van der Waals surface area (Å²) in [6.45, 7) is 4.35. The summed E-state index contributed by atoms with van der Waals surface area (Å²) in [6.07, 6.45) is 0. The molecular formula is C15H15O. The molecule has 0 aliphatic heterocycles. The zero-order valence-electron chi connectivity index (χ0n) is 9.57. The Morgan fingerprint density at radius 1 is 1.12 bits per heavy atom. The van der Waals surface area contributed by atoms with Gasteiger partial charge < -0.3 is 5.11 Å². The molecule has 0 atom stereocenters. The predicted octanol–water partition coefficient (Wildman–Crippen LogP) is 3.98. The van der Waals surface area contributed by atoms with Gasteiger partial charge in [0.1, 0.15) is 5.75 Å². The summed E-state index contributed by atoms with van der Waals surface area (Å²) in [5, 5.41) is 9.45. The first kappa shape index (κ1) is 10.7. The van der Waals surface area contributed by atoms with E-state index in [1.165, 1.54) is 11.1 Å². The maximum atomic E-state index is 9.45. The zero-order chi connectivity index (χ0) is 11.5. The predicted molar refractivity (Wildman–Crippen MR) is 66.5 cm³/mol. The Morgan fingerprint density at radius 3 is 2.56 bits per heavy atom. The van der Waals surface area contributed by atoms with Crippen molar-refractivity contribution in [1.29, 1.82) is 0 Å². The number of rotatable bonds is 2. The molecule has 1 heteroatoms. The maximum absolute atomic E-state index is 9.45. The molecule has 2 aromatic rings. The molecule has 0 amide bonds. The number of phenols is 1. The Labute approximate surface area is 96.4 Å². The molecule has 1 N–H and O–H groups in total. The van der Waals surface area contributed by atoms with Crippen LogP contribution in [0.2, 0.25) is 0 Å². The van der Waals surface area contributed by atoms with Gasteiger partial charge in [-0.15, -0.1) is 0 Å². The minimum Gasteiger partial charge on any atom is -0.507 e. The van der Waals surface area contributed by atoms with Gasteiger partial charge in [0.25, 0.3) is 0 Å². The summed E-state index contributed by atoms with van der Waals surface area (Å²) in [6, 6.07) is 16.5.